The highest BCUT2D eigenvalue weighted by Gasteiger charge is 2.19. The van der Waals surface area contributed by atoms with E-state index < -0.39 is 12.0 Å². The molecule has 1 aromatic heterocycles. The van der Waals surface area contributed by atoms with E-state index in [1.807, 2.05) is 0 Å². The van der Waals surface area contributed by atoms with Crippen LogP contribution < -0.4 is 5.32 Å². The van der Waals surface area contributed by atoms with Crippen LogP contribution in [0.25, 0.3) is 0 Å². The first-order valence-electron chi connectivity index (χ1n) is 4.70. The van der Waals surface area contributed by atoms with Crippen molar-refractivity contribution in [2.24, 2.45) is 0 Å². The molecule has 2 N–H and O–H groups in total. The van der Waals surface area contributed by atoms with Crippen LogP contribution in [0.5, 0.6) is 0 Å². The Balaban J connectivity index is 2.85. The number of carboxylic acids is 1. The lowest BCUT2D eigenvalue weighted by Crippen LogP contribution is -2.41. The molecule has 1 unspecified atom stereocenters. The number of carbonyl (C=O) groups is 2. The number of pyridine rings is 1. The minimum absolute atomic E-state index is 0.203. The average Bonchev–Trinajstić information content (AvgIpc) is 2.13. The molecule has 0 aliphatic rings. The van der Waals surface area contributed by atoms with Crippen LogP contribution in [0.3, 0.4) is 0 Å². The van der Waals surface area contributed by atoms with Gasteiger partial charge < -0.3 is 10.4 Å². The van der Waals surface area contributed by atoms with Gasteiger partial charge in [0.15, 0.2) is 0 Å². The zero-order chi connectivity index (χ0) is 13.0. The predicted octanol–water partition coefficient (Wildman–Crippen LogP) is 1.74. The van der Waals surface area contributed by atoms with Gasteiger partial charge in [0, 0.05) is 13.3 Å². The van der Waals surface area contributed by atoms with Gasteiger partial charge in [-0.25, -0.2) is 9.78 Å². The third kappa shape index (κ3) is 4.82. The van der Waals surface area contributed by atoms with Crippen molar-refractivity contribution in [3.05, 3.63) is 26.9 Å². The van der Waals surface area contributed by atoms with Gasteiger partial charge in [0.1, 0.15) is 15.2 Å². The van der Waals surface area contributed by atoms with Gasteiger partial charge in [0.2, 0.25) is 5.91 Å². The van der Waals surface area contributed by atoms with Crippen molar-refractivity contribution in [1.29, 1.82) is 0 Å². The molecule has 1 amide bonds. The molecule has 1 heterocycles. The summed E-state index contributed by atoms with van der Waals surface area (Å²) in [6.07, 6.45) is 0.203. The van der Waals surface area contributed by atoms with Crippen LogP contribution in [0, 0.1) is 0 Å². The van der Waals surface area contributed by atoms with Gasteiger partial charge in [-0.1, -0.05) is 0 Å². The van der Waals surface area contributed by atoms with E-state index >= 15 is 0 Å². The highest BCUT2D eigenvalue weighted by atomic mass is 79.9. The molecule has 0 bridgehead atoms. The van der Waals surface area contributed by atoms with E-state index in [-0.39, 0.29) is 12.3 Å². The second-order valence-corrected chi connectivity index (χ2v) is 5.04. The van der Waals surface area contributed by atoms with Crippen molar-refractivity contribution in [2.75, 3.05) is 0 Å². The second-order valence-electron chi connectivity index (χ2n) is 3.42. The van der Waals surface area contributed by atoms with Crippen LogP contribution in [-0.4, -0.2) is 28.0 Å². The molecule has 0 saturated heterocycles. The minimum atomic E-state index is -1.07. The van der Waals surface area contributed by atoms with Gasteiger partial charge in [-0.2, -0.15) is 0 Å². The van der Waals surface area contributed by atoms with Gasteiger partial charge in [0.05, 0.1) is 0 Å². The number of hydrogen-bond acceptors (Lipinski definition) is 3. The van der Waals surface area contributed by atoms with Gasteiger partial charge in [0.25, 0.3) is 0 Å². The molecule has 0 aliphatic carbocycles. The van der Waals surface area contributed by atoms with Crippen molar-refractivity contribution in [2.45, 2.75) is 19.4 Å². The number of hydrogen-bond donors (Lipinski definition) is 2. The summed E-state index contributed by atoms with van der Waals surface area (Å²) in [5, 5.41) is 11.3. The molecule has 0 aliphatic heterocycles. The Hall–Kier alpha value is -0.950. The molecule has 0 saturated carbocycles. The number of nitrogens with one attached hydrogen (secondary N) is 1. The predicted molar refractivity (Wildman–Crippen MR) is 68.6 cm³/mol. The number of halogens is 2. The van der Waals surface area contributed by atoms with Crippen LogP contribution in [-0.2, 0) is 16.0 Å². The number of rotatable bonds is 4. The lowest BCUT2D eigenvalue weighted by molar-refractivity contribution is -0.141. The summed E-state index contributed by atoms with van der Waals surface area (Å²) in [5.41, 5.74) is 0.764. The monoisotopic (exact) mass is 364 g/mol. The first-order valence-corrected chi connectivity index (χ1v) is 6.29. The normalized spacial score (nSPS) is 11.9. The summed E-state index contributed by atoms with van der Waals surface area (Å²) >= 11 is 6.43. The summed E-state index contributed by atoms with van der Waals surface area (Å²) in [7, 11) is 0. The van der Waals surface area contributed by atoms with E-state index in [1.165, 1.54) is 6.92 Å². The summed E-state index contributed by atoms with van der Waals surface area (Å²) in [6.45, 7) is 1.29. The van der Waals surface area contributed by atoms with Gasteiger partial charge >= 0.3 is 5.97 Å². The zero-order valence-corrected chi connectivity index (χ0v) is 12.1. The van der Waals surface area contributed by atoms with Crippen molar-refractivity contribution < 1.29 is 14.7 Å². The van der Waals surface area contributed by atoms with Crippen molar-refractivity contribution in [3.63, 3.8) is 0 Å². The Labute approximate surface area is 115 Å². The van der Waals surface area contributed by atoms with E-state index in [0.29, 0.717) is 9.21 Å². The van der Waals surface area contributed by atoms with Crippen molar-refractivity contribution >= 4 is 43.7 Å². The highest BCUT2D eigenvalue weighted by Crippen LogP contribution is 2.17. The number of aromatic nitrogens is 1. The highest BCUT2D eigenvalue weighted by molar-refractivity contribution is 9.11. The van der Waals surface area contributed by atoms with E-state index in [9.17, 15) is 9.59 Å². The maximum absolute atomic E-state index is 11.0. The van der Waals surface area contributed by atoms with Crippen molar-refractivity contribution in [3.8, 4) is 0 Å². The molecular formula is C10H10Br2N2O3. The standard InChI is InChI=1S/C10H10Br2N2O3/c1-5(15)13-7(10(16)17)2-6-3-8(11)14-9(12)4-6/h3-4,7H,2H2,1H3,(H,13,15)(H,16,17). The quantitative estimate of drug-likeness (QED) is 0.796. The first kappa shape index (κ1) is 14.1. The van der Waals surface area contributed by atoms with Crippen LogP contribution >= 0.6 is 31.9 Å². The van der Waals surface area contributed by atoms with Crippen LogP contribution in [0.15, 0.2) is 21.3 Å². The smallest absolute Gasteiger partial charge is 0.326 e. The molecule has 0 spiro atoms. The second kappa shape index (κ2) is 6.11. The van der Waals surface area contributed by atoms with E-state index in [1.54, 1.807) is 12.1 Å². The number of nitrogens with zero attached hydrogens (tertiary/aromatic N) is 1. The molecule has 92 valence electrons. The van der Waals surface area contributed by atoms with Crippen LogP contribution in [0.4, 0.5) is 0 Å². The lowest BCUT2D eigenvalue weighted by Gasteiger charge is -2.13. The fourth-order valence-corrected chi connectivity index (χ4v) is 2.52. The number of aliphatic carboxylic acids is 1. The summed E-state index contributed by atoms with van der Waals surface area (Å²) < 4.78 is 1.21. The van der Waals surface area contributed by atoms with E-state index in [4.69, 9.17) is 5.11 Å². The van der Waals surface area contributed by atoms with Gasteiger partial charge in [-0.05, 0) is 49.6 Å². The third-order valence-corrected chi connectivity index (χ3v) is 2.75. The molecule has 5 nitrogen and oxygen atoms in total. The summed E-state index contributed by atoms with van der Waals surface area (Å²) in [4.78, 5) is 25.9. The molecule has 1 atom stereocenters. The van der Waals surface area contributed by atoms with Gasteiger partial charge in [-0.15, -0.1) is 0 Å². The molecule has 1 rings (SSSR count). The fraction of sp³-hybridized carbons (Fsp3) is 0.300. The van der Waals surface area contributed by atoms with E-state index in [2.05, 4.69) is 42.2 Å². The summed E-state index contributed by atoms with van der Waals surface area (Å²) in [6, 6.07) is 2.49. The Morgan fingerprint density at radius 1 is 1.41 bits per heavy atom. The molecule has 1 aromatic rings. The number of carboxylic acid groups (broad SMARTS) is 1. The lowest BCUT2D eigenvalue weighted by atomic mass is 10.1. The zero-order valence-electron chi connectivity index (χ0n) is 8.91. The largest absolute Gasteiger partial charge is 0.480 e. The van der Waals surface area contributed by atoms with Crippen LogP contribution in [0.1, 0.15) is 12.5 Å². The number of amides is 1. The molecule has 17 heavy (non-hydrogen) atoms. The van der Waals surface area contributed by atoms with Crippen LogP contribution in [0.2, 0.25) is 0 Å². The third-order valence-electron chi connectivity index (χ3n) is 1.94. The maximum atomic E-state index is 11.0. The Morgan fingerprint density at radius 3 is 2.35 bits per heavy atom. The molecule has 0 radical (unpaired) electrons. The minimum Gasteiger partial charge on any atom is -0.480 e. The maximum Gasteiger partial charge on any atom is 0.326 e. The molecule has 0 aromatic carbocycles. The molecule has 7 heteroatoms. The Kier molecular flexibility index (Phi) is 5.07. The molecular weight excluding hydrogens is 356 g/mol. The Bertz CT molecular complexity index is 431. The average molecular weight is 366 g/mol. The van der Waals surface area contributed by atoms with E-state index in [0.717, 1.165) is 5.56 Å². The van der Waals surface area contributed by atoms with Gasteiger partial charge in [-0.3, -0.25) is 4.79 Å². The SMILES string of the molecule is CC(=O)NC(Cc1cc(Br)nc(Br)c1)C(=O)O. The number of carbonyl (C=O) groups excluding carboxylic acids is 1. The fourth-order valence-electron chi connectivity index (χ4n) is 1.31. The summed E-state index contributed by atoms with van der Waals surface area (Å²) in [5.74, 6) is -1.44. The first-order chi connectivity index (χ1) is 7.88. The molecule has 0 fully saturated rings. The Morgan fingerprint density at radius 2 is 1.94 bits per heavy atom. The topological polar surface area (TPSA) is 79.3 Å². The van der Waals surface area contributed by atoms with Crippen molar-refractivity contribution in [1.82, 2.24) is 10.3 Å².